The van der Waals surface area contributed by atoms with Gasteiger partial charge >= 0.3 is 6.03 Å². The third-order valence-corrected chi connectivity index (χ3v) is 3.25. The lowest BCUT2D eigenvalue weighted by Crippen LogP contribution is -2.36. The van der Waals surface area contributed by atoms with Gasteiger partial charge in [0.15, 0.2) is 11.5 Å². The van der Waals surface area contributed by atoms with Crippen molar-refractivity contribution in [2.45, 2.75) is 33.6 Å². The van der Waals surface area contributed by atoms with Crippen molar-refractivity contribution in [2.24, 2.45) is 0 Å². The van der Waals surface area contributed by atoms with Crippen molar-refractivity contribution in [1.82, 2.24) is 4.90 Å². The van der Waals surface area contributed by atoms with Crippen LogP contribution in [0.15, 0.2) is 12.1 Å². The standard InChI is InChI=1S/C16H26N2O3/c1-6-8-18(9-7-2)16(19)17-13-11-15(21-5)14(20-4)10-12(13)3/h10-11H,6-9H2,1-5H3,(H,17,19). The topological polar surface area (TPSA) is 50.8 Å². The van der Waals surface area contributed by atoms with E-state index < -0.39 is 0 Å². The molecule has 0 aliphatic heterocycles. The third-order valence-electron chi connectivity index (χ3n) is 3.25. The molecule has 0 saturated carbocycles. The average molecular weight is 294 g/mol. The number of aryl methyl sites for hydroxylation is 1. The molecule has 5 nitrogen and oxygen atoms in total. The Labute approximate surface area is 127 Å². The minimum absolute atomic E-state index is 0.0750. The van der Waals surface area contributed by atoms with Gasteiger partial charge in [-0.2, -0.15) is 0 Å². The number of ether oxygens (including phenoxy) is 2. The number of nitrogens with zero attached hydrogens (tertiary/aromatic N) is 1. The summed E-state index contributed by atoms with van der Waals surface area (Å²) in [6, 6.07) is 3.58. The van der Waals surface area contributed by atoms with Gasteiger partial charge in [0.25, 0.3) is 0 Å². The Hall–Kier alpha value is -1.91. The van der Waals surface area contributed by atoms with Gasteiger partial charge in [-0.25, -0.2) is 4.79 Å². The van der Waals surface area contributed by atoms with Crippen molar-refractivity contribution in [3.63, 3.8) is 0 Å². The van der Waals surface area contributed by atoms with Gasteiger partial charge < -0.3 is 19.7 Å². The van der Waals surface area contributed by atoms with Crippen molar-refractivity contribution in [3.05, 3.63) is 17.7 Å². The Bertz CT molecular complexity index is 469. The van der Waals surface area contributed by atoms with E-state index in [-0.39, 0.29) is 6.03 Å². The zero-order valence-corrected chi connectivity index (χ0v) is 13.7. The van der Waals surface area contributed by atoms with Crippen LogP contribution in [0.25, 0.3) is 0 Å². The SMILES string of the molecule is CCCN(CCC)C(=O)Nc1cc(OC)c(OC)cc1C. The molecule has 0 spiro atoms. The summed E-state index contributed by atoms with van der Waals surface area (Å²) in [5, 5.41) is 2.96. The first-order chi connectivity index (χ1) is 10.1. The van der Waals surface area contributed by atoms with Crippen molar-refractivity contribution in [1.29, 1.82) is 0 Å². The highest BCUT2D eigenvalue weighted by atomic mass is 16.5. The first-order valence-electron chi connectivity index (χ1n) is 7.35. The molecular formula is C16H26N2O3. The number of methoxy groups -OCH3 is 2. The molecule has 0 radical (unpaired) electrons. The first-order valence-corrected chi connectivity index (χ1v) is 7.35. The largest absolute Gasteiger partial charge is 0.493 e. The Kier molecular flexibility index (Phi) is 6.85. The number of carbonyl (C=O) groups excluding carboxylic acids is 1. The third kappa shape index (κ3) is 4.55. The van der Waals surface area contributed by atoms with Crippen molar-refractivity contribution < 1.29 is 14.3 Å². The molecule has 0 atom stereocenters. The summed E-state index contributed by atoms with van der Waals surface area (Å²) in [6.07, 6.45) is 1.89. The van der Waals surface area contributed by atoms with Crippen LogP contribution in [-0.4, -0.2) is 38.2 Å². The second-order valence-electron chi connectivity index (χ2n) is 4.94. The molecule has 1 N–H and O–H groups in total. The van der Waals surface area contributed by atoms with Crippen LogP contribution in [-0.2, 0) is 0 Å². The second kappa shape index (κ2) is 8.39. The zero-order chi connectivity index (χ0) is 15.8. The fourth-order valence-corrected chi connectivity index (χ4v) is 2.16. The van der Waals surface area contributed by atoms with Crippen LogP contribution in [0.2, 0.25) is 0 Å². The molecule has 0 fully saturated rings. The summed E-state index contributed by atoms with van der Waals surface area (Å²) in [5.74, 6) is 1.27. The van der Waals surface area contributed by atoms with Gasteiger partial charge in [-0.15, -0.1) is 0 Å². The number of urea groups is 1. The molecule has 2 amide bonds. The van der Waals surface area contributed by atoms with Gasteiger partial charge in [0, 0.05) is 24.8 Å². The lowest BCUT2D eigenvalue weighted by atomic mass is 10.1. The van der Waals surface area contributed by atoms with Crippen LogP contribution in [0.5, 0.6) is 11.5 Å². The number of hydrogen-bond acceptors (Lipinski definition) is 3. The van der Waals surface area contributed by atoms with Gasteiger partial charge in [-0.1, -0.05) is 13.8 Å². The van der Waals surface area contributed by atoms with Crippen molar-refractivity contribution in [3.8, 4) is 11.5 Å². The predicted molar refractivity (Wildman–Crippen MR) is 85.5 cm³/mol. The molecule has 0 saturated heterocycles. The van der Waals surface area contributed by atoms with Crippen molar-refractivity contribution in [2.75, 3.05) is 32.6 Å². The highest BCUT2D eigenvalue weighted by Crippen LogP contribution is 2.32. The summed E-state index contributed by atoms with van der Waals surface area (Å²) < 4.78 is 10.5. The highest BCUT2D eigenvalue weighted by molar-refractivity contribution is 5.90. The van der Waals surface area contributed by atoms with Gasteiger partial charge in [0.2, 0.25) is 0 Å². The molecule has 5 heteroatoms. The molecule has 1 aromatic carbocycles. The number of carbonyl (C=O) groups is 1. The first kappa shape index (κ1) is 17.1. The lowest BCUT2D eigenvalue weighted by molar-refractivity contribution is 0.211. The molecule has 0 aliphatic carbocycles. The number of anilines is 1. The van der Waals surface area contributed by atoms with E-state index in [4.69, 9.17) is 9.47 Å². The van der Waals surface area contributed by atoms with E-state index >= 15 is 0 Å². The Morgan fingerprint density at radius 1 is 1.10 bits per heavy atom. The van der Waals surface area contributed by atoms with E-state index in [0.717, 1.165) is 37.2 Å². The maximum atomic E-state index is 12.3. The second-order valence-corrected chi connectivity index (χ2v) is 4.94. The number of rotatable bonds is 7. The fraction of sp³-hybridized carbons (Fsp3) is 0.562. The molecule has 1 rings (SSSR count). The zero-order valence-electron chi connectivity index (χ0n) is 13.7. The minimum Gasteiger partial charge on any atom is -0.493 e. The van der Waals surface area contributed by atoms with Gasteiger partial charge in [-0.05, 0) is 31.4 Å². The Balaban J connectivity index is 2.93. The van der Waals surface area contributed by atoms with E-state index in [1.807, 2.05) is 17.9 Å². The van der Waals surface area contributed by atoms with Crippen LogP contribution in [0.4, 0.5) is 10.5 Å². The summed E-state index contributed by atoms with van der Waals surface area (Å²) >= 11 is 0. The molecule has 0 heterocycles. The van der Waals surface area contributed by atoms with Gasteiger partial charge in [0.05, 0.1) is 14.2 Å². The normalized spacial score (nSPS) is 10.1. The molecule has 1 aromatic rings. The minimum atomic E-state index is -0.0750. The molecular weight excluding hydrogens is 268 g/mol. The Morgan fingerprint density at radius 3 is 2.10 bits per heavy atom. The van der Waals surface area contributed by atoms with E-state index in [1.165, 1.54) is 0 Å². The fourth-order valence-electron chi connectivity index (χ4n) is 2.16. The van der Waals surface area contributed by atoms with Crippen LogP contribution >= 0.6 is 0 Å². The van der Waals surface area contributed by atoms with Crippen LogP contribution < -0.4 is 14.8 Å². The van der Waals surface area contributed by atoms with Crippen LogP contribution in [0.3, 0.4) is 0 Å². The molecule has 0 unspecified atom stereocenters. The monoisotopic (exact) mass is 294 g/mol. The molecule has 21 heavy (non-hydrogen) atoms. The quantitative estimate of drug-likeness (QED) is 0.835. The van der Waals surface area contributed by atoms with Crippen LogP contribution in [0, 0.1) is 6.92 Å². The summed E-state index contributed by atoms with van der Waals surface area (Å²) in [4.78, 5) is 14.2. The highest BCUT2D eigenvalue weighted by Gasteiger charge is 2.15. The maximum Gasteiger partial charge on any atom is 0.321 e. The predicted octanol–water partition coefficient (Wildman–Crippen LogP) is 3.67. The smallest absolute Gasteiger partial charge is 0.321 e. The van der Waals surface area contributed by atoms with E-state index in [9.17, 15) is 4.79 Å². The maximum absolute atomic E-state index is 12.3. The number of hydrogen-bond donors (Lipinski definition) is 1. The van der Waals surface area contributed by atoms with Crippen molar-refractivity contribution >= 4 is 11.7 Å². The van der Waals surface area contributed by atoms with Gasteiger partial charge in [-0.3, -0.25) is 0 Å². The van der Waals surface area contributed by atoms with Crippen LogP contribution in [0.1, 0.15) is 32.3 Å². The summed E-state index contributed by atoms with van der Waals surface area (Å²) in [7, 11) is 3.18. The lowest BCUT2D eigenvalue weighted by Gasteiger charge is -2.23. The average Bonchev–Trinajstić information content (AvgIpc) is 2.48. The summed E-state index contributed by atoms with van der Waals surface area (Å²) in [5.41, 5.74) is 1.68. The molecule has 118 valence electrons. The number of nitrogens with one attached hydrogen (secondary N) is 1. The molecule has 0 aromatic heterocycles. The van der Waals surface area contributed by atoms with E-state index in [2.05, 4.69) is 19.2 Å². The van der Waals surface area contributed by atoms with E-state index in [1.54, 1.807) is 20.3 Å². The number of amides is 2. The van der Waals surface area contributed by atoms with E-state index in [0.29, 0.717) is 11.5 Å². The Morgan fingerprint density at radius 2 is 1.62 bits per heavy atom. The molecule has 0 bridgehead atoms. The number of benzene rings is 1. The summed E-state index contributed by atoms with van der Waals surface area (Å²) in [6.45, 7) is 7.58. The van der Waals surface area contributed by atoms with Gasteiger partial charge in [0.1, 0.15) is 0 Å². The molecule has 0 aliphatic rings.